The number of amides is 1. The lowest BCUT2D eigenvalue weighted by Gasteiger charge is -2.26. The molecule has 0 spiro atoms. The lowest BCUT2D eigenvalue weighted by Crippen LogP contribution is -2.38. The van der Waals surface area contributed by atoms with Crippen molar-refractivity contribution >= 4 is 11.9 Å². The van der Waals surface area contributed by atoms with Gasteiger partial charge in [0.1, 0.15) is 5.82 Å². The summed E-state index contributed by atoms with van der Waals surface area (Å²) in [4.78, 5) is 25.6. The Bertz CT molecular complexity index is 526. The maximum absolute atomic E-state index is 13.1. The number of carbonyl (C=O) groups is 2. The molecule has 0 aliphatic carbocycles. The van der Waals surface area contributed by atoms with Gasteiger partial charge in [0.25, 0.3) is 5.91 Å². The molecular formula is C17H22FNO3. The van der Waals surface area contributed by atoms with Crippen molar-refractivity contribution in [1.82, 2.24) is 4.90 Å². The zero-order valence-electron chi connectivity index (χ0n) is 12.9. The number of hydrogen-bond acceptors (Lipinski definition) is 3. The molecule has 1 saturated heterocycles. The van der Waals surface area contributed by atoms with Crippen molar-refractivity contribution in [3.8, 4) is 0 Å². The number of likely N-dealkylation sites (tertiary alicyclic amines) is 1. The van der Waals surface area contributed by atoms with E-state index < -0.39 is 11.9 Å². The summed E-state index contributed by atoms with van der Waals surface area (Å²) in [6.45, 7) is 3.01. The highest BCUT2D eigenvalue weighted by atomic mass is 19.1. The van der Waals surface area contributed by atoms with Gasteiger partial charge in [-0.25, -0.2) is 4.39 Å². The Hall–Kier alpha value is -1.91. The molecule has 4 nitrogen and oxygen atoms in total. The molecule has 2 rings (SSSR count). The summed E-state index contributed by atoms with van der Waals surface area (Å²) in [5, 5.41) is 0. The van der Waals surface area contributed by atoms with Crippen LogP contribution in [0.2, 0.25) is 0 Å². The van der Waals surface area contributed by atoms with E-state index in [-0.39, 0.29) is 18.3 Å². The summed E-state index contributed by atoms with van der Waals surface area (Å²) in [6.07, 6.45) is 3.56. The molecule has 0 saturated carbocycles. The number of ether oxygens (including phenoxy) is 1. The van der Waals surface area contributed by atoms with Gasteiger partial charge < -0.3 is 9.64 Å². The first kappa shape index (κ1) is 16.5. The molecule has 22 heavy (non-hydrogen) atoms. The van der Waals surface area contributed by atoms with Gasteiger partial charge in [-0.1, -0.05) is 19.1 Å². The molecule has 1 atom stereocenters. The van der Waals surface area contributed by atoms with Crippen molar-refractivity contribution in [2.45, 2.75) is 32.6 Å². The van der Waals surface area contributed by atoms with Gasteiger partial charge >= 0.3 is 5.97 Å². The van der Waals surface area contributed by atoms with Crippen LogP contribution in [0.3, 0.4) is 0 Å². The van der Waals surface area contributed by atoms with E-state index in [1.54, 1.807) is 24.0 Å². The number of hydrogen-bond donors (Lipinski definition) is 0. The summed E-state index contributed by atoms with van der Waals surface area (Å²) in [7, 11) is 0. The minimum atomic E-state index is -0.422. The number of rotatable bonds is 5. The van der Waals surface area contributed by atoms with Crippen molar-refractivity contribution < 1.29 is 18.7 Å². The molecule has 0 N–H and O–H groups in total. The summed E-state index contributed by atoms with van der Waals surface area (Å²) in [5.41, 5.74) is 0.742. The number of esters is 1. The van der Waals surface area contributed by atoms with Crippen LogP contribution in [0, 0.1) is 11.7 Å². The number of nitrogens with zero attached hydrogens (tertiary/aromatic N) is 1. The van der Waals surface area contributed by atoms with Gasteiger partial charge in [0.2, 0.25) is 0 Å². The predicted octanol–water partition coefficient (Wildman–Crippen LogP) is 2.56. The van der Waals surface area contributed by atoms with E-state index in [2.05, 4.69) is 0 Å². The molecule has 1 heterocycles. The van der Waals surface area contributed by atoms with E-state index in [4.69, 9.17) is 4.74 Å². The van der Waals surface area contributed by atoms with Crippen molar-refractivity contribution in [3.63, 3.8) is 0 Å². The van der Waals surface area contributed by atoms with Gasteiger partial charge in [0.05, 0.1) is 5.92 Å². The van der Waals surface area contributed by atoms with Gasteiger partial charge in [0, 0.05) is 13.1 Å². The van der Waals surface area contributed by atoms with Crippen LogP contribution in [-0.2, 0) is 20.7 Å². The third kappa shape index (κ3) is 4.83. The van der Waals surface area contributed by atoms with Crippen LogP contribution in [0.4, 0.5) is 4.39 Å². The Balaban J connectivity index is 1.77. The molecule has 5 heteroatoms. The maximum atomic E-state index is 13.1. The molecule has 1 aliphatic heterocycles. The first-order valence-electron chi connectivity index (χ1n) is 7.75. The monoisotopic (exact) mass is 307 g/mol. The lowest BCUT2D eigenvalue weighted by atomic mass is 10.0. The van der Waals surface area contributed by atoms with Gasteiger partial charge in [0.15, 0.2) is 6.61 Å². The third-order valence-electron chi connectivity index (χ3n) is 3.88. The first-order valence-corrected chi connectivity index (χ1v) is 7.75. The second-order valence-electron chi connectivity index (χ2n) is 5.78. The fraction of sp³-hybridized carbons (Fsp3) is 0.529. The molecule has 0 bridgehead atoms. The van der Waals surface area contributed by atoms with Gasteiger partial charge in [-0.05, 0) is 43.4 Å². The van der Waals surface area contributed by atoms with Crippen molar-refractivity contribution in [2.24, 2.45) is 5.92 Å². The summed E-state index contributed by atoms with van der Waals surface area (Å²) >= 11 is 0. The Kier molecular flexibility index (Phi) is 5.92. The average molecular weight is 307 g/mol. The Morgan fingerprint density at radius 1 is 1.27 bits per heavy atom. The van der Waals surface area contributed by atoms with E-state index in [1.807, 2.05) is 0 Å². The van der Waals surface area contributed by atoms with E-state index in [9.17, 15) is 14.0 Å². The normalized spacial score (nSPS) is 16.2. The van der Waals surface area contributed by atoms with Gasteiger partial charge in [-0.3, -0.25) is 9.59 Å². The van der Waals surface area contributed by atoms with Gasteiger partial charge in [-0.15, -0.1) is 0 Å². The highest BCUT2D eigenvalue weighted by Gasteiger charge is 2.20. The third-order valence-corrected chi connectivity index (χ3v) is 3.88. The second kappa shape index (κ2) is 7.92. The van der Waals surface area contributed by atoms with E-state index in [0.717, 1.165) is 37.9 Å². The highest BCUT2D eigenvalue weighted by Crippen LogP contribution is 2.12. The van der Waals surface area contributed by atoms with Crippen LogP contribution in [0.5, 0.6) is 0 Å². The van der Waals surface area contributed by atoms with E-state index >= 15 is 0 Å². The van der Waals surface area contributed by atoms with Crippen molar-refractivity contribution in [1.29, 1.82) is 0 Å². The van der Waals surface area contributed by atoms with Crippen LogP contribution in [-0.4, -0.2) is 36.5 Å². The Labute approximate surface area is 130 Å². The highest BCUT2D eigenvalue weighted by molar-refractivity contribution is 5.81. The van der Waals surface area contributed by atoms with E-state index in [0.29, 0.717) is 6.42 Å². The maximum Gasteiger partial charge on any atom is 0.309 e. The number of halogens is 1. The summed E-state index contributed by atoms with van der Waals surface area (Å²) in [5.74, 6) is -1.28. The van der Waals surface area contributed by atoms with Crippen LogP contribution in [0.15, 0.2) is 24.3 Å². The zero-order chi connectivity index (χ0) is 15.9. The van der Waals surface area contributed by atoms with Crippen LogP contribution < -0.4 is 0 Å². The number of benzene rings is 1. The molecular weight excluding hydrogens is 285 g/mol. The standard InChI is InChI=1S/C17H22FNO3/c1-13(10-14-6-5-7-15(18)11-14)17(21)22-12-16(20)19-8-3-2-4-9-19/h5-7,11,13H,2-4,8-10,12H2,1H3. The fourth-order valence-electron chi connectivity index (χ4n) is 2.61. The Morgan fingerprint density at radius 3 is 2.68 bits per heavy atom. The summed E-state index contributed by atoms with van der Waals surface area (Å²) < 4.78 is 18.2. The minimum Gasteiger partial charge on any atom is -0.455 e. The van der Waals surface area contributed by atoms with Crippen LogP contribution in [0.1, 0.15) is 31.7 Å². The number of piperidine rings is 1. The molecule has 1 aliphatic rings. The SMILES string of the molecule is CC(Cc1cccc(F)c1)C(=O)OCC(=O)N1CCCCC1. The quantitative estimate of drug-likeness (QED) is 0.785. The topological polar surface area (TPSA) is 46.6 Å². The largest absolute Gasteiger partial charge is 0.455 e. The lowest BCUT2D eigenvalue weighted by molar-refractivity contribution is -0.155. The summed E-state index contributed by atoms with van der Waals surface area (Å²) in [6, 6.07) is 6.15. The van der Waals surface area contributed by atoms with Crippen LogP contribution in [0.25, 0.3) is 0 Å². The second-order valence-corrected chi connectivity index (χ2v) is 5.78. The van der Waals surface area contributed by atoms with Gasteiger partial charge in [-0.2, -0.15) is 0 Å². The van der Waals surface area contributed by atoms with E-state index in [1.165, 1.54) is 12.1 Å². The van der Waals surface area contributed by atoms with Crippen molar-refractivity contribution in [2.75, 3.05) is 19.7 Å². The molecule has 1 fully saturated rings. The number of carbonyl (C=O) groups excluding carboxylic acids is 2. The predicted molar refractivity (Wildman–Crippen MR) is 80.7 cm³/mol. The average Bonchev–Trinajstić information content (AvgIpc) is 2.53. The molecule has 1 aromatic carbocycles. The molecule has 120 valence electrons. The van der Waals surface area contributed by atoms with Crippen molar-refractivity contribution in [3.05, 3.63) is 35.6 Å². The molecule has 1 unspecified atom stereocenters. The Morgan fingerprint density at radius 2 is 2.00 bits per heavy atom. The minimum absolute atomic E-state index is 0.133. The van der Waals surface area contributed by atoms with Crippen LogP contribution >= 0.6 is 0 Å². The molecule has 1 aromatic rings. The molecule has 1 amide bonds. The molecule has 0 aromatic heterocycles. The molecule has 0 radical (unpaired) electrons. The smallest absolute Gasteiger partial charge is 0.309 e. The fourth-order valence-corrected chi connectivity index (χ4v) is 2.61. The zero-order valence-corrected chi connectivity index (χ0v) is 12.9. The first-order chi connectivity index (χ1) is 10.6.